The van der Waals surface area contributed by atoms with Gasteiger partial charge in [0, 0.05) is 6.04 Å². The molecule has 2 aromatic rings. The van der Waals surface area contributed by atoms with Crippen molar-refractivity contribution in [1.29, 1.82) is 0 Å². The predicted molar refractivity (Wildman–Crippen MR) is 97.1 cm³/mol. The maximum Gasteiger partial charge on any atom is 0.407 e. The number of methoxy groups -OCH3 is 1. The lowest BCUT2D eigenvalue weighted by Crippen LogP contribution is -2.37. The monoisotopic (exact) mass is 357 g/mol. The van der Waals surface area contributed by atoms with Crippen LogP contribution in [-0.4, -0.2) is 30.3 Å². The van der Waals surface area contributed by atoms with Gasteiger partial charge in [0.15, 0.2) is 0 Å². The third kappa shape index (κ3) is 6.84. The van der Waals surface area contributed by atoms with Crippen LogP contribution in [0.1, 0.15) is 24.0 Å². The van der Waals surface area contributed by atoms with Gasteiger partial charge in [-0.25, -0.2) is 4.79 Å². The molecule has 0 bridgehead atoms. The van der Waals surface area contributed by atoms with Gasteiger partial charge in [-0.1, -0.05) is 42.5 Å². The third-order valence-corrected chi connectivity index (χ3v) is 3.90. The summed E-state index contributed by atoms with van der Waals surface area (Å²) in [5, 5.41) is 11.7. The Kier molecular flexibility index (Phi) is 7.49. The maximum absolute atomic E-state index is 12.0. The van der Waals surface area contributed by atoms with Crippen LogP contribution in [0.4, 0.5) is 4.79 Å². The van der Waals surface area contributed by atoms with E-state index >= 15 is 0 Å². The number of benzene rings is 2. The molecular weight excluding hydrogens is 334 g/mol. The fourth-order valence-corrected chi connectivity index (χ4v) is 2.50. The fraction of sp³-hybridized carbons (Fsp3) is 0.300. The fourth-order valence-electron chi connectivity index (χ4n) is 2.50. The van der Waals surface area contributed by atoms with Gasteiger partial charge in [-0.15, -0.1) is 0 Å². The molecule has 0 radical (unpaired) electrons. The lowest BCUT2D eigenvalue weighted by Gasteiger charge is -2.17. The number of hydrogen-bond donors (Lipinski definition) is 2. The number of amides is 1. The first-order valence-electron chi connectivity index (χ1n) is 8.38. The van der Waals surface area contributed by atoms with E-state index < -0.39 is 18.1 Å². The number of carbonyl (C=O) groups excluding carboxylic acids is 1. The van der Waals surface area contributed by atoms with E-state index in [1.807, 2.05) is 30.3 Å². The molecular formula is C20H23NO5. The topological polar surface area (TPSA) is 84.9 Å². The molecule has 26 heavy (non-hydrogen) atoms. The Morgan fingerprint density at radius 2 is 1.73 bits per heavy atom. The van der Waals surface area contributed by atoms with Crippen molar-refractivity contribution in [3.63, 3.8) is 0 Å². The summed E-state index contributed by atoms with van der Waals surface area (Å²) in [5.74, 6) is -0.237. The zero-order chi connectivity index (χ0) is 18.8. The molecule has 6 nitrogen and oxygen atoms in total. The zero-order valence-electron chi connectivity index (χ0n) is 14.7. The van der Waals surface area contributed by atoms with E-state index in [0.29, 0.717) is 12.8 Å². The number of carboxylic acids is 1. The summed E-state index contributed by atoms with van der Waals surface area (Å²) in [6.45, 7) is 0.105. The summed E-state index contributed by atoms with van der Waals surface area (Å²) < 4.78 is 10.3. The SMILES string of the molecule is COc1ccc(COC(=O)N[C@H](CCc2ccccc2)CC(=O)O)cc1. The van der Waals surface area contributed by atoms with Gasteiger partial charge in [0.05, 0.1) is 13.5 Å². The molecule has 0 aromatic heterocycles. The van der Waals surface area contributed by atoms with Crippen molar-refractivity contribution in [1.82, 2.24) is 5.32 Å². The zero-order valence-corrected chi connectivity index (χ0v) is 14.7. The number of nitrogens with one attached hydrogen (secondary N) is 1. The van der Waals surface area contributed by atoms with E-state index in [1.54, 1.807) is 31.4 Å². The summed E-state index contributed by atoms with van der Waals surface area (Å²) in [4.78, 5) is 23.0. The minimum Gasteiger partial charge on any atom is -0.497 e. The van der Waals surface area contributed by atoms with Crippen LogP contribution in [0.2, 0.25) is 0 Å². The van der Waals surface area contributed by atoms with Gasteiger partial charge in [-0.2, -0.15) is 0 Å². The van der Waals surface area contributed by atoms with Crippen molar-refractivity contribution >= 4 is 12.1 Å². The van der Waals surface area contributed by atoms with Crippen LogP contribution in [0.5, 0.6) is 5.75 Å². The van der Waals surface area contributed by atoms with E-state index in [-0.39, 0.29) is 13.0 Å². The van der Waals surface area contributed by atoms with Crippen molar-refractivity contribution in [2.75, 3.05) is 7.11 Å². The van der Waals surface area contributed by atoms with Crippen molar-refractivity contribution in [3.8, 4) is 5.75 Å². The molecule has 0 fully saturated rings. The lowest BCUT2D eigenvalue weighted by molar-refractivity contribution is -0.137. The summed E-state index contributed by atoms with van der Waals surface area (Å²) in [6.07, 6.45) is 0.427. The summed E-state index contributed by atoms with van der Waals surface area (Å²) in [5.41, 5.74) is 1.91. The van der Waals surface area contributed by atoms with Gasteiger partial charge in [0.1, 0.15) is 12.4 Å². The number of rotatable bonds is 9. The van der Waals surface area contributed by atoms with Gasteiger partial charge in [-0.05, 0) is 36.1 Å². The van der Waals surface area contributed by atoms with Crippen LogP contribution in [-0.2, 0) is 22.6 Å². The average Bonchev–Trinajstić information content (AvgIpc) is 2.65. The van der Waals surface area contributed by atoms with Gasteiger partial charge < -0.3 is 19.9 Å². The minimum atomic E-state index is -0.960. The minimum absolute atomic E-state index is 0.105. The highest BCUT2D eigenvalue weighted by Gasteiger charge is 2.17. The van der Waals surface area contributed by atoms with Crippen LogP contribution in [0.25, 0.3) is 0 Å². The first-order valence-corrected chi connectivity index (χ1v) is 8.38. The molecule has 2 N–H and O–H groups in total. The van der Waals surface area contributed by atoms with E-state index in [4.69, 9.17) is 14.6 Å². The Balaban J connectivity index is 1.83. The molecule has 2 rings (SSSR count). The van der Waals surface area contributed by atoms with Crippen LogP contribution in [0.15, 0.2) is 54.6 Å². The lowest BCUT2D eigenvalue weighted by atomic mass is 10.0. The van der Waals surface area contributed by atoms with Gasteiger partial charge in [-0.3, -0.25) is 4.79 Å². The molecule has 0 aliphatic rings. The van der Waals surface area contributed by atoms with Crippen molar-refractivity contribution in [3.05, 3.63) is 65.7 Å². The van der Waals surface area contributed by atoms with E-state index in [1.165, 1.54) is 0 Å². The van der Waals surface area contributed by atoms with Crippen LogP contribution < -0.4 is 10.1 Å². The summed E-state index contributed by atoms with van der Waals surface area (Å²) in [7, 11) is 1.58. The molecule has 0 heterocycles. The second-order valence-corrected chi connectivity index (χ2v) is 5.89. The second kappa shape index (κ2) is 10.1. The van der Waals surface area contributed by atoms with Crippen LogP contribution in [0, 0.1) is 0 Å². The highest BCUT2D eigenvalue weighted by Crippen LogP contribution is 2.12. The molecule has 0 spiro atoms. The molecule has 138 valence electrons. The van der Waals surface area contributed by atoms with Crippen molar-refractivity contribution in [2.24, 2.45) is 0 Å². The highest BCUT2D eigenvalue weighted by atomic mass is 16.5. The Morgan fingerprint density at radius 1 is 1.04 bits per heavy atom. The Morgan fingerprint density at radius 3 is 2.35 bits per heavy atom. The number of alkyl carbamates (subject to hydrolysis) is 1. The normalized spacial score (nSPS) is 11.4. The number of aryl methyl sites for hydroxylation is 1. The van der Waals surface area contributed by atoms with E-state index in [0.717, 1.165) is 16.9 Å². The van der Waals surface area contributed by atoms with Crippen LogP contribution in [0.3, 0.4) is 0 Å². The highest BCUT2D eigenvalue weighted by molar-refractivity contribution is 5.71. The number of aliphatic carboxylic acids is 1. The predicted octanol–water partition coefficient (Wildman–Crippen LogP) is 3.40. The van der Waals surface area contributed by atoms with Crippen molar-refractivity contribution in [2.45, 2.75) is 31.9 Å². The first kappa shape index (κ1) is 19.3. The van der Waals surface area contributed by atoms with Gasteiger partial charge >= 0.3 is 12.1 Å². The molecule has 0 saturated carbocycles. The standard InChI is InChI=1S/C20H23NO5/c1-25-18-11-8-16(9-12-18)14-26-20(24)21-17(13-19(22)23)10-7-15-5-3-2-4-6-15/h2-6,8-9,11-12,17H,7,10,13-14H2,1H3,(H,21,24)(H,22,23)/t17-/m1/s1. The van der Waals surface area contributed by atoms with Crippen molar-refractivity contribution < 1.29 is 24.2 Å². The number of carbonyl (C=O) groups is 2. The largest absolute Gasteiger partial charge is 0.497 e. The molecule has 1 atom stereocenters. The van der Waals surface area contributed by atoms with Gasteiger partial charge in [0.25, 0.3) is 0 Å². The molecule has 1 amide bonds. The quantitative estimate of drug-likeness (QED) is 0.718. The Labute approximate surface area is 152 Å². The van der Waals surface area contributed by atoms with Gasteiger partial charge in [0.2, 0.25) is 0 Å². The summed E-state index contributed by atoms with van der Waals surface area (Å²) >= 11 is 0. The molecule has 0 saturated heterocycles. The molecule has 6 heteroatoms. The van der Waals surface area contributed by atoms with Crippen LogP contribution >= 0.6 is 0 Å². The molecule has 0 aliphatic heterocycles. The Hall–Kier alpha value is -3.02. The first-order chi connectivity index (χ1) is 12.6. The Bertz CT molecular complexity index is 700. The molecule has 0 unspecified atom stereocenters. The van der Waals surface area contributed by atoms with E-state index in [2.05, 4.69) is 5.32 Å². The number of ether oxygens (including phenoxy) is 2. The smallest absolute Gasteiger partial charge is 0.407 e. The average molecular weight is 357 g/mol. The number of hydrogen-bond acceptors (Lipinski definition) is 4. The maximum atomic E-state index is 12.0. The number of carboxylic acid groups (broad SMARTS) is 1. The third-order valence-electron chi connectivity index (χ3n) is 3.90. The van der Waals surface area contributed by atoms with E-state index in [9.17, 15) is 9.59 Å². The second-order valence-electron chi connectivity index (χ2n) is 5.89. The summed E-state index contributed by atoms with van der Waals surface area (Å²) in [6, 6.07) is 16.4. The molecule has 2 aromatic carbocycles. The molecule has 0 aliphatic carbocycles.